The highest BCUT2D eigenvalue weighted by Gasteiger charge is 2.43. The van der Waals surface area contributed by atoms with E-state index in [-0.39, 0.29) is 11.9 Å². The molecule has 128 valence electrons. The largest absolute Gasteiger partial charge is 0.297 e. The standard InChI is InChI=1S/C22H15BrClNO/c23-17-10-12-18(13-11-17)25-21(15-6-2-1-3-7-15)19(22(25)26)14-16-8-4-5-9-20(16)24/h1-14,21H/b19-14-. The lowest BCUT2D eigenvalue weighted by Crippen LogP contribution is -2.49. The summed E-state index contributed by atoms with van der Waals surface area (Å²) in [5, 5.41) is 0.640. The maximum absolute atomic E-state index is 12.9. The van der Waals surface area contributed by atoms with Gasteiger partial charge in [0.25, 0.3) is 5.91 Å². The van der Waals surface area contributed by atoms with Crippen molar-refractivity contribution in [1.82, 2.24) is 0 Å². The zero-order valence-corrected chi connectivity index (χ0v) is 16.1. The summed E-state index contributed by atoms with van der Waals surface area (Å²) >= 11 is 9.73. The Balaban J connectivity index is 1.79. The van der Waals surface area contributed by atoms with Gasteiger partial charge in [-0.05, 0) is 47.5 Å². The van der Waals surface area contributed by atoms with Crippen LogP contribution in [0.25, 0.3) is 6.08 Å². The minimum Gasteiger partial charge on any atom is -0.297 e. The molecule has 3 aromatic carbocycles. The van der Waals surface area contributed by atoms with Gasteiger partial charge in [-0.25, -0.2) is 0 Å². The monoisotopic (exact) mass is 423 g/mol. The molecule has 1 aliphatic rings. The van der Waals surface area contributed by atoms with E-state index in [0.717, 1.165) is 26.9 Å². The molecule has 1 unspecified atom stereocenters. The van der Waals surface area contributed by atoms with E-state index in [1.807, 2.05) is 89.8 Å². The quantitative estimate of drug-likeness (QED) is 0.358. The van der Waals surface area contributed by atoms with Gasteiger partial charge in [-0.15, -0.1) is 0 Å². The van der Waals surface area contributed by atoms with Crippen LogP contribution in [0.5, 0.6) is 0 Å². The van der Waals surface area contributed by atoms with Crippen LogP contribution in [-0.2, 0) is 4.79 Å². The Labute approximate surface area is 165 Å². The summed E-state index contributed by atoms with van der Waals surface area (Å²) in [4.78, 5) is 14.8. The zero-order chi connectivity index (χ0) is 18.1. The van der Waals surface area contributed by atoms with Gasteiger partial charge in [-0.2, -0.15) is 0 Å². The van der Waals surface area contributed by atoms with Crippen LogP contribution in [0.3, 0.4) is 0 Å². The third-order valence-corrected chi connectivity index (χ3v) is 5.33. The molecule has 0 radical (unpaired) electrons. The van der Waals surface area contributed by atoms with E-state index < -0.39 is 0 Å². The second kappa shape index (κ2) is 7.10. The van der Waals surface area contributed by atoms with Crippen LogP contribution in [0.1, 0.15) is 17.2 Å². The zero-order valence-electron chi connectivity index (χ0n) is 13.8. The fourth-order valence-corrected chi connectivity index (χ4v) is 3.63. The molecule has 1 aliphatic heterocycles. The molecule has 0 saturated carbocycles. The van der Waals surface area contributed by atoms with Crippen molar-refractivity contribution in [1.29, 1.82) is 0 Å². The van der Waals surface area contributed by atoms with Gasteiger partial charge >= 0.3 is 0 Å². The van der Waals surface area contributed by atoms with Gasteiger partial charge in [-0.1, -0.05) is 76.1 Å². The molecule has 1 atom stereocenters. The van der Waals surface area contributed by atoms with E-state index in [1.165, 1.54) is 0 Å². The van der Waals surface area contributed by atoms with E-state index in [2.05, 4.69) is 15.9 Å². The van der Waals surface area contributed by atoms with Crippen molar-refractivity contribution in [2.75, 3.05) is 4.90 Å². The van der Waals surface area contributed by atoms with Crippen molar-refractivity contribution in [3.63, 3.8) is 0 Å². The molecule has 2 nitrogen and oxygen atoms in total. The summed E-state index contributed by atoms with van der Waals surface area (Å²) in [5.41, 5.74) is 3.55. The third kappa shape index (κ3) is 3.09. The molecule has 0 aromatic heterocycles. The van der Waals surface area contributed by atoms with Crippen LogP contribution in [0, 0.1) is 0 Å². The molecule has 0 spiro atoms. The Bertz CT molecular complexity index is 983. The Morgan fingerprint density at radius 3 is 2.23 bits per heavy atom. The number of hydrogen-bond acceptors (Lipinski definition) is 1. The molecule has 0 bridgehead atoms. The lowest BCUT2D eigenvalue weighted by molar-refractivity contribution is -0.118. The summed E-state index contributed by atoms with van der Waals surface area (Å²) < 4.78 is 0.984. The van der Waals surface area contributed by atoms with Crippen LogP contribution >= 0.6 is 27.5 Å². The molecule has 1 amide bonds. The van der Waals surface area contributed by atoms with E-state index in [1.54, 1.807) is 0 Å². The topological polar surface area (TPSA) is 20.3 Å². The van der Waals surface area contributed by atoms with Crippen molar-refractivity contribution in [2.45, 2.75) is 6.04 Å². The normalized spacial score (nSPS) is 18.1. The summed E-state index contributed by atoms with van der Waals surface area (Å²) in [7, 11) is 0. The van der Waals surface area contributed by atoms with E-state index in [4.69, 9.17) is 11.6 Å². The van der Waals surface area contributed by atoms with Crippen molar-refractivity contribution in [2.24, 2.45) is 0 Å². The molecular weight excluding hydrogens is 410 g/mol. The predicted molar refractivity (Wildman–Crippen MR) is 110 cm³/mol. The van der Waals surface area contributed by atoms with Crippen LogP contribution in [0.15, 0.2) is 88.9 Å². The van der Waals surface area contributed by atoms with Crippen molar-refractivity contribution < 1.29 is 4.79 Å². The molecule has 4 rings (SSSR count). The first-order valence-electron chi connectivity index (χ1n) is 8.25. The Kier molecular flexibility index (Phi) is 4.66. The van der Waals surface area contributed by atoms with E-state index in [9.17, 15) is 4.79 Å². The smallest absolute Gasteiger partial charge is 0.257 e. The first-order chi connectivity index (χ1) is 12.6. The number of halogens is 2. The van der Waals surface area contributed by atoms with Gasteiger partial charge in [0.05, 0.1) is 6.04 Å². The molecule has 1 heterocycles. The number of amides is 1. The van der Waals surface area contributed by atoms with Crippen LogP contribution in [-0.4, -0.2) is 5.91 Å². The highest BCUT2D eigenvalue weighted by Crippen LogP contribution is 2.44. The minimum absolute atomic E-state index is 0.00101. The molecule has 0 N–H and O–H groups in total. The number of nitrogens with zero attached hydrogens (tertiary/aromatic N) is 1. The van der Waals surface area contributed by atoms with Gasteiger partial charge in [0.2, 0.25) is 0 Å². The van der Waals surface area contributed by atoms with Gasteiger partial charge in [0.15, 0.2) is 0 Å². The summed E-state index contributed by atoms with van der Waals surface area (Å²) in [6.45, 7) is 0. The maximum Gasteiger partial charge on any atom is 0.257 e. The molecular formula is C22H15BrClNO. The molecule has 1 saturated heterocycles. The van der Waals surface area contributed by atoms with Crippen LogP contribution in [0.2, 0.25) is 5.02 Å². The number of β-lactam (4-membered cyclic amide) rings is 1. The Hall–Kier alpha value is -2.36. The minimum atomic E-state index is -0.124. The van der Waals surface area contributed by atoms with Crippen LogP contribution < -0.4 is 4.90 Å². The number of benzene rings is 3. The SMILES string of the molecule is O=C1/C(=C\c2ccccc2Cl)C(c2ccccc2)N1c1ccc(Br)cc1. The van der Waals surface area contributed by atoms with E-state index >= 15 is 0 Å². The molecule has 3 aromatic rings. The fraction of sp³-hybridized carbons (Fsp3) is 0.0455. The third-order valence-electron chi connectivity index (χ3n) is 4.45. The van der Waals surface area contributed by atoms with Gasteiger partial charge in [0.1, 0.15) is 0 Å². The van der Waals surface area contributed by atoms with Gasteiger partial charge in [-0.3, -0.25) is 9.69 Å². The number of carbonyl (C=O) groups excluding carboxylic acids is 1. The summed E-state index contributed by atoms with van der Waals surface area (Å²) in [5.74, 6) is 0.00101. The van der Waals surface area contributed by atoms with Crippen LogP contribution in [0.4, 0.5) is 5.69 Å². The number of rotatable bonds is 3. The summed E-state index contributed by atoms with van der Waals surface area (Å²) in [6.07, 6.45) is 1.90. The number of carbonyl (C=O) groups is 1. The molecule has 0 aliphatic carbocycles. The van der Waals surface area contributed by atoms with Crippen molar-refractivity contribution in [3.05, 3.63) is 105 Å². The van der Waals surface area contributed by atoms with Gasteiger partial charge in [0, 0.05) is 20.8 Å². The van der Waals surface area contributed by atoms with Crippen molar-refractivity contribution in [3.8, 4) is 0 Å². The first kappa shape index (κ1) is 17.1. The number of hydrogen-bond donors (Lipinski definition) is 0. The highest BCUT2D eigenvalue weighted by molar-refractivity contribution is 9.10. The average Bonchev–Trinajstić information content (AvgIpc) is 2.67. The molecule has 1 fully saturated rings. The lowest BCUT2D eigenvalue weighted by atomic mass is 9.86. The first-order valence-corrected chi connectivity index (χ1v) is 9.42. The van der Waals surface area contributed by atoms with Crippen molar-refractivity contribution >= 4 is 45.2 Å². The average molecular weight is 425 g/mol. The number of anilines is 1. The maximum atomic E-state index is 12.9. The Morgan fingerprint density at radius 1 is 0.885 bits per heavy atom. The van der Waals surface area contributed by atoms with Gasteiger partial charge < -0.3 is 0 Å². The fourth-order valence-electron chi connectivity index (χ4n) is 3.18. The van der Waals surface area contributed by atoms with E-state index in [0.29, 0.717) is 5.02 Å². The second-order valence-electron chi connectivity index (χ2n) is 6.09. The molecule has 4 heteroatoms. The Morgan fingerprint density at radius 2 is 1.54 bits per heavy atom. The predicted octanol–water partition coefficient (Wildman–Crippen LogP) is 6.27. The second-order valence-corrected chi connectivity index (χ2v) is 7.41. The summed E-state index contributed by atoms with van der Waals surface area (Å²) in [6, 6.07) is 25.3. The highest BCUT2D eigenvalue weighted by atomic mass is 79.9. The molecule has 26 heavy (non-hydrogen) atoms. The lowest BCUT2D eigenvalue weighted by Gasteiger charge is -2.43.